The highest BCUT2D eigenvalue weighted by Gasteiger charge is 2.46. The van der Waals surface area contributed by atoms with Crippen molar-refractivity contribution in [3.63, 3.8) is 0 Å². The Bertz CT molecular complexity index is 833. The van der Waals surface area contributed by atoms with Crippen LogP contribution in [0.1, 0.15) is 86.0 Å². The van der Waals surface area contributed by atoms with E-state index < -0.39 is 42.1 Å². The number of rotatable bonds is 8. The number of aliphatic hydroxyl groups is 2. The molecule has 0 amide bonds. The molecule has 1 saturated carbocycles. The summed E-state index contributed by atoms with van der Waals surface area (Å²) >= 11 is 0. The molecule has 3 N–H and O–H groups in total. The highest BCUT2D eigenvalue weighted by atomic mass is 16.5. The second kappa shape index (κ2) is 12.2. The summed E-state index contributed by atoms with van der Waals surface area (Å²) in [5, 5.41) is 29.9. The standard InChI is InChI=1S/C27H42O8/c1-17-7-6-8-19(16-34-25(31)15-27(5,33)14-24(29)30)13-23(35-18(2)28)21-11-12-22(26(3,4)32)20(21)10-9-17/h7,13,20-23,32-33H,6,8-12,14-16H2,1-5H3,(H,29,30). The van der Waals surface area contributed by atoms with Gasteiger partial charge in [0.15, 0.2) is 0 Å². The van der Waals surface area contributed by atoms with Gasteiger partial charge < -0.3 is 24.8 Å². The molecule has 0 spiro atoms. The molecule has 2 rings (SSSR count). The molecule has 5 atom stereocenters. The summed E-state index contributed by atoms with van der Waals surface area (Å²) in [6, 6.07) is 0. The topological polar surface area (TPSA) is 130 Å². The van der Waals surface area contributed by atoms with Gasteiger partial charge in [0, 0.05) is 12.8 Å². The third-order valence-electron chi connectivity index (χ3n) is 7.22. The first-order valence-corrected chi connectivity index (χ1v) is 12.5. The SMILES string of the molecule is CC(=O)OC1C=C(COC(=O)CC(C)(O)CC(=O)O)CCC=C(C)CCC2C1CCC2C(C)(C)O. The van der Waals surface area contributed by atoms with E-state index in [1.54, 1.807) is 0 Å². The molecule has 35 heavy (non-hydrogen) atoms. The van der Waals surface area contributed by atoms with Gasteiger partial charge in [-0.15, -0.1) is 0 Å². The number of carbonyl (C=O) groups excluding carboxylic acids is 2. The normalized spacial score (nSPS) is 27.4. The van der Waals surface area contributed by atoms with E-state index in [4.69, 9.17) is 14.6 Å². The van der Waals surface area contributed by atoms with Crippen LogP contribution in [0.25, 0.3) is 0 Å². The van der Waals surface area contributed by atoms with Crippen molar-refractivity contribution in [1.82, 2.24) is 0 Å². The van der Waals surface area contributed by atoms with Crippen molar-refractivity contribution in [3.8, 4) is 0 Å². The molecule has 0 saturated heterocycles. The van der Waals surface area contributed by atoms with Gasteiger partial charge in [-0.05, 0) is 89.7 Å². The Labute approximate surface area is 208 Å². The Hall–Kier alpha value is -2.19. The molecule has 0 aliphatic heterocycles. The van der Waals surface area contributed by atoms with Crippen LogP contribution in [0.3, 0.4) is 0 Å². The van der Waals surface area contributed by atoms with Crippen molar-refractivity contribution in [1.29, 1.82) is 0 Å². The summed E-state index contributed by atoms with van der Waals surface area (Å²) in [6.07, 6.45) is 7.39. The number of carboxylic acids is 1. The number of hydrogen-bond donors (Lipinski definition) is 3. The maximum Gasteiger partial charge on any atom is 0.309 e. The molecular formula is C27H42O8. The third-order valence-corrected chi connectivity index (χ3v) is 7.22. The summed E-state index contributed by atoms with van der Waals surface area (Å²) in [5.41, 5.74) is -0.474. The first-order valence-electron chi connectivity index (χ1n) is 12.5. The van der Waals surface area contributed by atoms with Crippen molar-refractivity contribution >= 4 is 17.9 Å². The second-order valence-electron chi connectivity index (χ2n) is 11.1. The van der Waals surface area contributed by atoms with E-state index >= 15 is 0 Å². The van der Waals surface area contributed by atoms with Gasteiger partial charge in [-0.1, -0.05) is 11.6 Å². The lowest BCUT2D eigenvalue weighted by Crippen LogP contribution is -2.37. The fraction of sp³-hybridized carbons (Fsp3) is 0.741. The number of aliphatic carboxylic acids is 1. The third kappa shape index (κ3) is 9.41. The minimum atomic E-state index is -1.70. The monoisotopic (exact) mass is 494 g/mol. The summed E-state index contributed by atoms with van der Waals surface area (Å²) in [6.45, 7) is 8.42. The lowest BCUT2D eigenvalue weighted by Gasteiger charge is -2.35. The average molecular weight is 495 g/mol. The minimum absolute atomic E-state index is 0.0288. The van der Waals surface area contributed by atoms with E-state index in [-0.39, 0.29) is 30.3 Å². The van der Waals surface area contributed by atoms with E-state index in [0.717, 1.165) is 37.7 Å². The van der Waals surface area contributed by atoms with Gasteiger partial charge in [-0.25, -0.2) is 0 Å². The van der Waals surface area contributed by atoms with Crippen LogP contribution in [0.5, 0.6) is 0 Å². The fourth-order valence-corrected chi connectivity index (χ4v) is 5.60. The molecule has 2 aliphatic rings. The number of esters is 2. The Morgan fingerprint density at radius 3 is 2.31 bits per heavy atom. The van der Waals surface area contributed by atoms with E-state index in [9.17, 15) is 24.6 Å². The van der Waals surface area contributed by atoms with Crippen molar-refractivity contribution < 1.29 is 39.2 Å². The zero-order valence-corrected chi connectivity index (χ0v) is 21.7. The Balaban J connectivity index is 2.27. The maximum absolute atomic E-state index is 12.3. The summed E-state index contributed by atoms with van der Waals surface area (Å²) in [7, 11) is 0. The van der Waals surface area contributed by atoms with Gasteiger partial charge in [0.2, 0.25) is 0 Å². The van der Waals surface area contributed by atoms with Crippen LogP contribution in [-0.2, 0) is 23.9 Å². The van der Waals surface area contributed by atoms with Crippen LogP contribution in [-0.4, -0.2) is 57.1 Å². The number of ether oxygens (including phenoxy) is 2. The van der Waals surface area contributed by atoms with Gasteiger partial charge in [0.25, 0.3) is 0 Å². The molecule has 5 unspecified atom stereocenters. The van der Waals surface area contributed by atoms with Crippen LogP contribution in [0, 0.1) is 17.8 Å². The zero-order valence-electron chi connectivity index (χ0n) is 21.7. The zero-order chi connectivity index (χ0) is 26.4. The molecule has 0 radical (unpaired) electrons. The molecule has 2 aliphatic carbocycles. The molecule has 0 bridgehead atoms. The average Bonchev–Trinajstić information content (AvgIpc) is 3.11. The Morgan fingerprint density at radius 1 is 1.03 bits per heavy atom. The van der Waals surface area contributed by atoms with Crippen LogP contribution >= 0.6 is 0 Å². The van der Waals surface area contributed by atoms with Crippen molar-refractivity contribution in [2.75, 3.05) is 6.61 Å². The maximum atomic E-state index is 12.3. The molecule has 0 aromatic heterocycles. The number of fused-ring (bicyclic) bond motifs is 1. The molecule has 198 valence electrons. The molecule has 0 aromatic carbocycles. The predicted molar refractivity (Wildman–Crippen MR) is 130 cm³/mol. The summed E-state index contributed by atoms with van der Waals surface area (Å²) in [5.74, 6) is -1.97. The number of carbonyl (C=O) groups is 3. The van der Waals surface area contributed by atoms with Crippen LogP contribution in [0.2, 0.25) is 0 Å². The van der Waals surface area contributed by atoms with Crippen LogP contribution < -0.4 is 0 Å². The van der Waals surface area contributed by atoms with Crippen LogP contribution in [0.15, 0.2) is 23.3 Å². The van der Waals surface area contributed by atoms with E-state index in [1.165, 1.54) is 19.4 Å². The first kappa shape index (κ1) is 29.0. The molecule has 0 aromatic rings. The minimum Gasteiger partial charge on any atom is -0.481 e. The largest absolute Gasteiger partial charge is 0.481 e. The second-order valence-corrected chi connectivity index (χ2v) is 11.1. The number of hydrogen-bond acceptors (Lipinski definition) is 7. The fourth-order valence-electron chi connectivity index (χ4n) is 5.60. The van der Waals surface area contributed by atoms with Gasteiger partial charge in [-0.3, -0.25) is 14.4 Å². The number of carboxylic acid groups (broad SMARTS) is 1. The predicted octanol–water partition coefficient (Wildman–Crippen LogP) is 3.94. The van der Waals surface area contributed by atoms with Gasteiger partial charge in [0.1, 0.15) is 12.7 Å². The molecule has 8 heteroatoms. The first-order chi connectivity index (χ1) is 16.2. The quantitative estimate of drug-likeness (QED) is 0.342. The molecular weight excluding hydrogens is 452 g/mol. The number of allylic oxidation sites excluding steroid dienone is 2. The van der Waals surface area contributed by atoms with E-state index in [1.807, 2.05) is 19.9 Å². The Morgan fingerprint density at radius 2 is 1.71 bits per heavy atom. The summed E-state index contributed by atoms with van der Waals surface area (Å²) in [4.78, 5) is 35.2. The van der Waals surface area contributed by atoms with Crippen molar-refractivity contribution in [2.24, 2.45) is 17.8 Å². The van der Waals surface area contributed by atoms with Gasteiger partial charge >= 0.3 is 17.9 Å². The molecule has 1 fully saturated rings. The van der Waals surface area contributed by atoms with Crippen LogP contribution in [0.4, 0.5) is 0 Å². The highest BCUT2D eigenvalue weighted by molar-refractivity contribution is 5.74. The van der Waals surface area contributed by atoms with E-state index in [0.29, 0.717) is 6.42 Å². The van der Waals surface area contributed by atoms with Crippen molar-refractivity contribution in [3.05, 3.63) is 23.3 Å². The molecule has 8 nitrogen and oxygen atoms in total. The van der Waals surface area contributed by atoms with Gasteiger partial charge in [-0.2, -0.15) is 0 Å². The van der Waals surface area contributed by atoms with E-state index in [2.05, 4.69) is 13.0 Å². The van der Waals surface area contributed by atoms with Gasteiger partial charge in [0.05, 0.1) is 24.0 Å². The van der Waals surface area contributed by atoms with Crippen molar-refractivity contribution in [2.45, 2.75) is 103 Å². The highest BCUT2D eigenvalue weighted by Crippen LogP contribution is 2.48. The molecule has 0 heterocycles. The lowest BCUT2D eigenvalue weighted by atomic mass is 9.75. The lowest BCUT2D eigenvalue weighted by molar-refractivity contribution is -0.152. The summed E-state index contributed by atoms with van der Waals surface area (Å²) < 4.78 is 11.2. The smallest absolute Gasteiger partial charge is 0.309 e. The Kier molecular flexibility index (Phi) is 10.1.